The van der Waals surface area contributed by atoms with E-state index in [0.29, 0.717) is 0 Å². The number of nitrogens with one attached hydrogen (secondary N) is 2. The summed E-state index contributed by atoms with van der Waals surface area (Å²) in [4.78, 5) is 0. The number of aliphatic hydroxyl groups is 2. The van der Waals surface area contributed by atoms with E-state index in [1.54, 1.807) is 0 Å². The van der Waals surface area contributed by atoms with Gasteiger partial charge in [-0.3, -0.25) is 0 Å². The van der Waals surface area contributed by atoms with Crippen molar-refractivity contribution in [2.75, 3.05) is 26.2 Å². The van der Waals surface area contributed by atoms with E-state index in [1.165, 1.54) is 0 Å². The molecule has 0 amide bonds. The van der Waals surface area contributed by atoms with E-state index in [2.05, 4.69) is 10.6 Å². The average Bonchev–Trinajstić information content (AvgIpc) is 2.63. The molecule has 2 unspecified atom stereocenters. The highest BCUT2D eigenvalue weighted by Crippen LogP contribution is 1.93. The molecule has 0 aliphatic carbocycles. The summed E-state index contributed by atoms with van der Waals surface area (Å²) in [6.07, 6.45) is 1.73. The van der Waals surface area contributed by atoms with E-state index in [9.17, 15) is 0 Å². The van der Waals surface area contributed by atoms with Crippen LogP contribution in [0.2, 0.25) is 0 Å². The van der Waals surface area contributed by atoms with E-state index >= 15 is 0 Å². The fourth-order valence-electron chi connectivity index (χ4n) is 1.28. The van der Waals surface area contributed by atoms with Crippen LogP contribution in [0.25, 0.3) is 0 Å². The van der Waals surface area contributed by atoms with Crippen LogP contribution in [-0.2, 0) is 0 Å². The zero-order valence-corrected chi connectivity index (χ0v) is 12.2. The first-order valence-corrected chi connectivity index (χ1v) is 4.56. The number of aliphatic hydroxyl groups excluding tert-OH is 2. The second-order valence-electron chi connectivity index (χ2n) is 3.29. The maximum Gasteiger partial charge on any atom is 0.0676 e. The molecular weight excluding hydrogens is 298 g/mol. The first-order valence-electron chi connectivity index (χ1n) is 4.56. The maximum atomic E-state index is 8.67. The summed E-state index contributed by atoms with van der Waals surface area (Å²) in [5, 5.41) is 23.4. The van der Waals surface area contributed by atoms with Crippen LogP contribution in [0, 0.1) is 0 Å². The van der Waals surface area contributed by atoms with E-state index in [4.69, 9.17) is 10.2 Å². The maximum absolute atomic E-state index is 8.67. The van der Waals surface area contributed by atoms with Crippen molar-refractivity contribution in [3.8, 4) is 0 Å². The SMILES string of the molecule is Cl.Cl.Cl.Cl.OC1CCNC1.OC1CCNC1. The van der Waals surface area contributed by atoms with Crippen LogP contribution in [0.5, 0.6) is 0 Å². The summed E-state index contributed by atoms with van der Waals surface area (Å²) in [6.45, 7) is 3.56. The third-order valence-electron chi connectivity index (χ3n) is 2.07. The number of rotatable bonds is 0. The molecule has 0 spiro atoms. The van der Waals surface area contributed by atoms with Gasteiger partial charge in [-0.2, -0.15) is 0 Å². The van der Waals surface area contributed by atoms with Crippen molar-refractivity contribution >= 4 is 49.6 Å². The Morgan fingerprint density at radius 3 is 1.06 bits per heavy atom. The molecule has 4 nitrogen and oxygen atoms in total. The van der Waals surface area contributed by atoms with Gasteiger partial charge >= 0.3 is 0 Å². The predicted molar refractivity (Wildman–Crippen MR) is 76.0 cm³/mol. The van der Waals surface area contributed by atoms with Gasteiger partial charge in [0.15, 0.2) is 0 Å². The largest absolute Gasteiger partial charge is 0.392 e. The van der Waals surface area contributed by atoms with Gasteiger partial charge in [0.25, 0.3) is 0 Å². The second-order valence-corrected chi connectivity index (χ2v) is 3.29. The molecule has 0 radical (unpaired) electrons. The van der Waals surface area contributed by atoms with Gasteiger partial charge in [0.2, 0.25) is 0 Å². The Hall–Kier alpha value is 1.000. The molecule has 104 valence electrons. The summed E-state index contributed by atoms with van der Waals surface area (Å²) >= 11 is 0. The van der Waals surface area contributed by atoms with Crippen molar-refractivity contribution in [1.82, 2.24) is 10.6 Å². The Kier molecular flexibility index (Phi) is 25.8. The standard InChI is InChI=1S/2C4H9NO.4ClH/c2*6-4-1-2-5-3-4;;;;/h2*4-6H,1-3H2;4*1H. The third kappa shape index (κ3) is 13.1. The summed E-state index contributed by atoms with van der Waals surface area (Å²) < 4.78 is 0. The topological polar surface area (TPSA) is 64.5 Å². The van der Waals surface area contributed by atoms with Gasteiger partial charge in [-0.25, -0.2) is 0 Å². The normalized spacial score (nSPS) is 25.9. The first kappa shape index (κ1) is 25.8. The van der Waals surface area contributed by atoms with Gasteiger partial charge in [-0.15, -0.1) is 49.6 Å². The molecule has 2 heterocycles. The number of hydrogen-bond donors (Lipinski definition) is 4. The molecule has 0 bridgehead atoms. The van der Waals surface area contributed by atoms with Gasteiger partial charge in [0, 0.05) is 13.1 Å². The van der Waals surface area contributed by atoms with Crippen molar-refractivity contribution in [2.45, 2.75) is 25.0 Å². The molecule has 2 fully saturated rings. The fraction of sp³-hybridized carbons (Fsp3) is 1.00. The van der Waals surface area contributed by atoms with Gasteiger partial charge < -0.3 is 20.8 Å². The molecule has 2 aliphatic heterocycles. The van der Waals surface area contributed by atoms with Crippen LogP contribution >= 0.6 is 49.6 Å². The molecule has 8 heteroatoms. The minimum Gasteiger partial charge on any atom is -0.392 e. The van der Waals surface area contributed by atoms with Crippen molar-refractivity contribution in [3.05, 3.63) is 0 Å². The first-order chi connectivity index (χ1) is 5.79. The molecular formula is C8H22Cl4N2O2. The van der Waals surface area contributed by atoms with E-state index < -0.39 is 0 Å². The molecule has 0 saturated carbocycles. The highest BCUT2D eigenvalue weighted by molar-refractivity contribution is 5.86. The van der Waals surface area contributed by atoms with E-state index in [-0.39, 0.29) is 61.8 Å². The van der Waals surface area contributed by atoms with Crippen molar-refractivity contribution in [1.29, 1.82) is 0 Å². The minimum absolute atomic E-state index is 0. The van der Waals surface area contributed by atoms with Crippen LogP contribution in [0.3, 0.4) is 0 Å². The van der Waals surface area contributed by atoms with Crippen molar-refractivity contribution in [2.24, 2.45) is 0 Å². The lowest BCUT2D eigenvalue weighted by Crippen LogP contribution is -2.11. The van der Waals surface area contributed by atoms with Crippen LogP contribution in [0.15, 0.2) is 0 Å². The number of β-amino-alcohol motifs (C(OH)–C–C–N with tert-alkyl or cyclic N) is 2. The highest BCUT2D eigenvalue weighted by Gasteiger charge is 2.08. The zero-order valence-electron chi connectivity index (χ0n) is 8.92. The van der Waals surface area contributed by atoms with Gasteiger partial charge in [-0.05, 0) is 25.9 Å². The summed E-state index contributed by atoms with van der Waals surface area (Å²) in [5.41, 5.74) is 0. The van der Waals surface area contributed by atoms with E-state index in [0.717, 1.165) is 39.0 Å². The quantitative estimate of drug-likeness (QED) is 0.521. The third-order valence-corrected chi connectivity index (χ3v) is 2.07. The van der Waals surface area contributed by atoms with Gasteiger partial charge in [0.1, 0.15) is 0 Å². The second kappa shape index (κ2) is 16.0. The Bertz CT molecular complexity index is 109. The summed E-state index contributed by atoms with van der Waals surface area (Å²) in [6, 6.07) is 0. The smallest absolute Gasteiger partial charge is 0.0676 e. The molecule has 0 aromatic rings. The lowest BCUT2D eigenvalue weighted by Gasteiger charge is -1.90. The van der Waals surface area contributed by atoms with Crippen molar-refractivity contribution < 1.29 is 10.2 Å². The predicted octanol–water partition coefficient (Wildman–Crippen LogP) is 0.368. The Labute approximate surface area is 122 Å². The van der Waals surface area contributed by atoms with Gasteiger partial charge in [-0.1, -0.05) is 0 Å². The Morgan fingerprint density at radius 2 is 1.00 bits per heavy atom. The molecule has 0 aromatic heterocycles. The molecule has 2 rings (SSSR count). The highest BCUT2D eigenvalue weighted by atomic mass is 35.5. The Balaban J connectivity index is -0.0000000720. The monoisotopic (exact) mass is 318 g/mol. The van der Waals surface area contributed by atoms with Crippen LogP contribution in [0.1, 0.15) is 12.8 Å². The molecule has 2 atom stereocenters. The van der Waals surface area contributed by atoms with E-state index in [1.807, 2.05) is 0 Å². The van der Waals surface area contributed by atoms with Crippen molar-refractivity contribution in [3.63, 3.8) is 0 Å². The molecule has 2 saturated heterocycles. The molecule has 16 heavy (non-hydrogen) atoms. The van der Waals surface area contributed by atoms with Crippen LogP contribution in [0.4, 0.5) is 0 Å². The van der Waals surface area contributed by atoms with Crippen LogP contribution in [-0.4, -0.2) is 48.6 Å². The molecule has 4 N–H and O–H groups in total. The van der Waals surface area contributed by atoms with Crippen LogP contribution < -0.4 is 10.6 Å². The summed E-state index contributed by atoms with van der Waals surface area (Å²) in [7, 11) is 0. The fourth-order valence-corrected chi connectivity index (χ4v) is 1.28. The number of hydrogen-bond acceptors (Lipinski definition) is 4. The lowest BCUT2D eigenvalue weighted by molar-refractivity contribution is 0.196. The summed E-state index contributed by atoms with van der Waals surface area (Å²) in [5.74, 6) is 0. The number of halogens is 4. The van der Waals surface area contributed by atoms with Gasteiger partial charge in [0.05, 0.1) is 12.2 Å². The molecule has 2 aliphatic rings. The zero-order chi connectivity index (χ0) is 8.81. The lowest BCUT2D eigenvalue weighted by atomic mass is 10.3. The minimum atomic E-state index is -0.0648. The Morgan fingerprint density at radius 1 is 0.688 bits per heavy atom. The molecule has 0 aromatic carbocycles. The average molecular weight is 320 g/mol.